The van der Waals surface area contributed by atoms with Gasteiger partial charge in [-0.2, -0.15) is 10.2 Å². The first-order valence-electron chi connectivity index (χ1n) is 19.5. The highest BCUT2D eigenvalue weighted by Crippen LogP contribution is 2.38. The summed E-state index contributed by atoms with van der Waals surface area (Å²) in [5, 5.41) is 22.7. The van der Waals surface area contributed by atoms with E-state index in [1.165, 1.54) is 48.7 Å². The van der Waals surface area contributed by atoms with Crippen LogP contribution in [0.4, 0.5) is 0 Å². The van der Waals surface area contributed by atoms with Gasteiger partial charge in [-0.05, 0) is 105 Å². The molecule has 1 unspecified atom stereocenters. The summed E-state index contributed by atoms with van der Waals surface area (Å²) in [6.07, 6.45) is 6.57. The number of hydrogen-bond donors (Lipinski definition) is 0. The zero-order valence-electron chi connectivity index (χ0n) is 31.9. The van der Waals surface area contributed by atoms with Crippen LogP contribution in [0.25, 0.3) is 71.3 Å². The topological polar surface area (TPSA) is 32.9 Å². The molecule has 0 amide bonds. The molecule has 10 rings (SSSR count). The molecule has 0 saturated carbocycles. The fraction of sp³-hybridized carbons (Fsp3) is 0.0566. The quantitative estimate of drug-likeness (QED) is 0.150. The first kappa shape index (κ1) is 34.2. The van der Waals surface area contributed by atoms with Crippen molar-refractivity contribution in [2.75, 3.05) is 0 Å². The lowest BCUT2D eigenvalue weighted by Gasteiger charge is -2.33. The summed E-state index contributed by atoms with van der Waals surface area (Å²) >= 11 is 0. The van der Waals surface area contributed by atoms with Crippen LogP contribution in [0, 0.1) is 0 Å². The molecule has 1 aromatic heterocycles. The lowest BCUT2D eigenvalue weighted by atomic mass is 9.97. The number of nitrogens with zero attached hydrogens (tertiary/aromatic N) is 4. The van der Waals surface area contributed by atoms with E-state index in [9.17, 15) is 0 Å². The summed E-state index contributed by atoms with van der Waals surface area (Å²) in [5.74, 6) is 0. The van der Waals surface area contributed by atoms with Gasteiger partial charge < -0.3 is 0 Å². The molecule has 2 heterocycles. The molecule has 1 atom stereocenters. The summed E-state index contributed by atoms with van der Waals surface area (Å²) in [6.45, 7) is 4.14. The van der Waals surface area contributed by atoms with Crippen molar-refractivity contribution in [2.24, 2.45) is 10.2 Å². The van der Waals surface area contributed by atoms with E-state index in [1.54, 1.807) is 0 Å². The highest BCUT2D eigenvalue weighted by atomic mass is 15.5. The van der Waals surface area contributed by atoms with E-state index in [1.807, 2.05) is 0 Å². The van der Waals surface area contributed by atoms with Crippen molar-refractivity contribution in [3.05, 3.63) is 211 Å². The van der Waals surface area contributed by atoms with Crippen molar-refractivity contribution < 1.29 is 0 Å². The SMILES string of the molecule is CC(=N\N1C(c2ccc3ccccc3c2)=CC=CC1c1ccc2ccccc2c1)/C(C)=N/n1c(-c2ccc3ccccc3c2)ccc1-c1ccc2ccccc2c1. The first-order valence-corrected chi connectivity index (χ1v) is 19.5. The Labute approximate surface area is 332 Å². The second-order valence-electron chi connectivity index (χ2n) is 14.8. The number of hydrazone groups is 1. The van der Waals surface area contributed by atoms with Gasteiger partial charge in [-0.3, -0.25) is 5.01 Å². The molecule has 8 aromatic carbocycles. The standard InChI is InChI=1S/C53H40N4/c1-36(54-56-50(46-26-22-38-12-3-7-16-42(38)32-46)20-11-21-51(56)47-27-23-39-13-4-8-17-43(39)33-47)37(2)55-57-52(48-28-24-40-14-5-9-18-44(40)34-48)30-31-53(57)49-29-25-41-15-6-10-19-45(41)35-49/h3-35,50H,1-2H3/b54-36+,55-37+. The summed E-state index contributed by atoms with van der Waals surface area (Å²) in [6, 6.07) is 65.0. The van der Waals surface area contributed by atoms with Crippen LogP contribution in [0.2, 0.25) is 0 Å². The molecular formula is C53H40N4. The molecule has 9 aromatic rings. The molecule has 1 aliphatic heterocycles. The van der Waals surface area contributed by atoms with Gasteiger partial charge in [-0.25, -0.2) is 4.68 Å². The number of allylic oxidation sites excluding steroid dienone is 2. The Balaban J connectivity index is 1.11. The minimum atomic E-state index is -0.128. The summed E-state index contributed by atoms with van der Waals surface area (Å²) in [7, 11) is 0. The molecule has 0 aliphatic carbocycles. The molecule has 4 nitrogen and oxygen atoms in total. The Morgan fingerprint density at radius 3 is 1.37 bits per heavy atom. The van der Waals surface area contributed by atoms with Crippen molar-refractivity contribution in [1.29, 1.82) is 0 Å². The number of hydrogen-bond acceptors (Lipinski definition) is 3. The van der Waals surface area contributed by atoms with Gasteiger partial charge in [-0.1, -0.05) is 158 Å². The van der Waals surface area contributed by atoms with E-state index in [0.717, 1.165) is 45.2 Å². The molecule has 0 fully saturated rings. The van der Waals surface area contributed by atoms with Gasteiger partial charge in [0.25, 0.3) is 0 Å². The van der Waals surface area contributed by atoms with Gasteiger partial charge in [0.2, 0.25) is 0 Å². The predicted octanol–water partition coefficient (Wildman–Crippen LogP) is 13.7. The molecule has 0 saturated heterocycles. The maximum Gasteiger partial charge on any atom is 0.0960 e. The van der Waals surface area contributed by atoms with Crippen LogP contribution in [0.5, 0.6) is 0 Å². The van der Waals surface area contributed by atoms with Crippen LogP contribution in [0.15, 0.2) is 210 Å². The van der Waals surface area contributed by atoms with Crippen LogP contribution in [0.3, 0.4) is 0 Å². The van der Waals surface area contributed by atoms with E-state index in [2.05, 4.69) is 224 Å². The summed E-state index contributed by atoms with van der Waals surface area (Å²) in [4.78, 5) is 0. The molecular weight excluding hydrogens is 693 g/mol. The number of fused-ring (bicyclic) bond motifs is 4. The second-order valence-corrected chi connectivity index (χ2v) is 14.8. The lowest BCUT2D eigenvalue weighted by Crippen LogP contribution is -2.26. The average molecular weight is 733 g/mol. The van der Waals surface area contributed by atoms with E-state index in [0.29, 0.717) is 0 Å². The predicted molar refractivity (Wildman–Crippen MR) is 242 cm³/mol. The van der Waals surface area contributed by atoms with E-state index >= 15 is 0 Å². The Morgan fingerprint density at radius 1 is 0.421 bits per heavy atom. The van der Waals surface area contributed by atoms with Crippen molar-refractivity contribution >= 4 is 60.2 Å². The fourth-order valence-electron chi connectivity index (χ4n) is 8.02. The van der Waals surface area contributed by atoms with Gasteiger partial charge in [0.1, 0.15) is 0 Å². The first-order chi connectivity index (χ1) is 28.1. The Bertz CT molecular complexity index is 3030. The monoisotopic (exact) mass is 732 g/mol. The summed E-state index contributed by atoms with van der Waals surface area (Å²) in [5.41, 5.74) is 9.19. The van der Waals surface area contributed by atoms with E-state index < -0.39 is 0 Å². The zero-order valence-corrected chi connectivity index (χ0v) is 31.9. The third-order valence-corrected chi connectivity index (χ3v) is 11.2. The molecule has 0 radical (unpaired) electrons. The van der Waals surface area contributed by atoms with Gasteiger partial charge in [0.15, 0.2) is 0 Å². The number of aromatic nitrogens is 1. The fourth-order valence-corrected chi connectivity index (χ4v) is 8.02. The van der Waals surface area contributed by atoms with Crippen molar-refractivity contribution in [2.45, 2.75) is 19.9 Å². The maximum absolute atomic E-state index is 5.47. The van der Waals surface area contributed by atoms with Gasteiger partial charge >= 0.3 is 0 Å². The van der Waals surface area contributed by atoms with Crippen LogP contribution in [-0.2, 0) is 0 Å². The largest absolute Gasteiger partial charge is 0.253 e. The third kappa shape index (κ3) is 6.51. The Hall–Kier alpha value is -7.30. The van der Waals surface area contributed by atoms with Crippen LogP contribution < -0.4 is 0 Å². The molecule has 4 heteroatoms. The zero-order chi connectivity index (χ0) is 38.3. The van der Waals surface area contributed by atoms with E-state index in [-0.39, 0.29) is 6.04 Å². The average Bonchev–Trinajstić information content (AvgIpc) is 3.68. The number of rotatable bonds is 7. The van der Waals surface area contributed by atoms with Crippen molar-refractivity contribution in [3.8, 4) is 22.5 Å². The van der Waals surface area contributed by atoms with Gasteiger partial charge in [0.05, 0.1) is 34.6 Å². The molecule has 0 bridgehead atoms. The Morgan fingerprint density at radius 2 is 0.842 bits per heavy atom. The van der Waals surface area contributed by atoms with Crippen LogP contribution in [-0.4, -0.2) is 21.1 Å². The smallest absolute Gasteiger partial charge is 0.0960 e. The molecule has 1 aliphatic rings. The second kappa shape index (κ2) is 14.4. The van der Waals surface area contributed by atoms with Gasteiger partial charge in [-0.15, -0.1) is 0 Å². The normalized spacial score (nSPS) is 14.9. The van der Waals surface area contributed by atoms with Gasteiger partial charge in [0, 0.05) is 16.7 Å². The molecule has 272 valence electrons. The summed E-state index contributed by atoms with van der Waals surface area (Å²) < 4.78 is 2.10. The highest BCUT2D eigenvalue weighted by Gasteiger charge is 2.25. The Kier molecular flexibility index (Phi) is 8.65. The molecule has 0 N–H and O–H groups in total. The van der Waals surface area contributed by atoms with Crippen LogP contribution in [0.1, 0.15) is 31.0 Å². The van der Waals surface area contributed by atoms with Crippen molar-refractivity contribution in [3.63, 3.8) is 0 Å². The lowest BCUT2D eigenvalue weighted by molar-refractivity contribution is 0.361. The molecule has 0 spiro atoms. The van der Waals surface area contributed by atoms with Crippen molar-refractivity contribution in [1.82, 2.24) is 9.69 Å². The van der Waals surface area contributed by atoms with Crippen LogP contribution >= 0.6 is 0 Å². The third-order valence-electron chi connectivity index (χ3n) is 11.2. The molecule has 57 heavy (non-hydrogen) atoms. The minimum absolute atomic E-state index is 0.128. The van der Waals surface area contributed by atoms with E-state index in [4.69, 9.17) is 10.2 Å². The maximum atomic E-state index is 5.47. The number of benzene rings is 8. The minimum Gasteiger partial charge on any atom is -0.253 e. The highest BCUT2D eigenvalue weighted by molar-refractivity contribution is 6.40.